The van der Waals surface area contributed by atoms with Gasteiger partial charge in [-0.3, -0.25) is 9.59 Å². The lowest BCUT2D eigenvalue weighted by Crippen LogP contribution is -2.56. The number of likely N-dealkylation sites (tertiary alicyclic amines) is 2. The van der Waals surface area contributed by atoms with Gasteiger partial charge in [0.05, 0.1) is 44.7 Å². The number of para-hydroxylation sites is 2. The van der Waals surface area contributed by atoms with Gasteiger partial charge in [0.1, 0.15) is 22.7 Å². The van der Waals surface area contributed by atoms with E-state index >= 15 is 0 Å². The molecule has 14 heteroatoms. The van der Waals surface area contributed by atoms with E-state index in [9.17, 15) is 14.7 Å². The molecule has 4 atom stereocenters. The summed E-state index contributed by atoms with van der Waals surface area (Å²) in [5.74, 6) is 4.14. The Balaban J connectivity index is 0.000000240. The zero-order chi connectivity index (χ0) is 50.2. The van der Waals surface area contributed by atoms with Crippen LogP contribution in [0, 0.1) is 11.8 Å². The molecular weight excluding hydrogens is 912 g/mol. The number of ether oxygens (including phenoxy) is 7. The fourth-order valence-corrected chi connectivity index (χ4v) is 9.80. The standard InChI is InChI=1S/C28H37NO5.C25H31NO5.C3H8O.ClH/c1-18(2)32-24-12-11-21(17-25(24)31-6)27(30)29-15-13-28(14-16-29)20(5)26(33-19(3)4)22-9-7-8-10-23(22)34-28;1-16(2)30-21-10-9-18(15-22(21)29-4)24(28)26-13-11-25(12-14-26)17(3)23(27)19-7-5-6-8-20(19)31-25;1-3(2)4;/h7-12,17-20,26H,13-16H2,1-6H3;5-10,15-17,23,27H,11-14H2,1-4H3;3-4H,1-2H3;1H. The van der Waals surface area contributed by atoms with E-state index in [0.717, 1.165) is 35.5 Å². The lowest BCUT2D eigenvalue weighted by molar-refractivity contribution is -0.130. The number of aliphatic hydroxyl groups excluding tert-OH is 2. The fourth-order valence-electron chi connectivity index (χ4n) is 9.80. The second kappa shape index (κ2) is 24.3. The van der Waals surface area contributed by atoms with Crippen molar-refractivity contribution >= 4 is 24.2 Å². The van der Waals surface area contributed by atoms with Gasteiger partial charge in [-0.25, -0.2) is 0 Å². The first-order chi connectivity index (χ1) is 32.8. The van der Waals surface area contributed by atoms with Crippen LogP contribution in [0.2, 0.25) is 0 Å². The van der Waals surface area contributed by atoms with Gasteiger partial charge in [-0.05, 0) is 104 Å². The van der Waals surface area contributed by atoms with E-state index in [1.165, 1.54) is 0 Å². The summed E-state index contributed by atoms with van der Waals surface area (Å²) in [4.78, 5) is 30.3. The summed E-state index contributed by atoms with van der Waals surface area (Å²) >= 11 is 0. The molecule has 2 N–H and O–H groups in total. The molecule has 8 rings (SSSR count). The van der Waals surface area contributed by atoms with Crippen LogP contribution in [0.25, 0.3) is 0 Å². The van der Waals surface area contributed by atoms with E-state index in [1.54, 1.807) is 52.3 Å². The maximum Gasteiger partial charge on any atom is 0.253 e. The van der Waals surface area contributed by atoms with Crippen LogP contribution in [0.15, 0.2) is 84.9 Å². The van der Waals surface area contributed by atoms with Crippen LogP contribution in [0.1, 0.15) is 139 Å². The number of nitrogens with zero attached hydrogens (tertiary/aromatic N) is 2. The maximum absolute atomic E-state index is 13.3. The Hall–Kier alpha value is -5.21. The number of fused-ring (bicyclic) bond motifs is 2. The number of carbonyl (C=O) groups is 2. The number of halogens is 1. The molecular formula is C56H77ClN2O11. The van der Waals surface area contributed by atoms with Gasteiger partial charge in [0.2, 0.25) is 0 Å². The molecule has 0 aliphatic carbocycles. The molecule has 0 saturated carbocycles. The predicted molar refractivity (Wildman–Crippen MR) is 274 cm³/mol. The van der Waals surface area contributed by atoms with Gasteiger partial charge in [-0.15, -0.1) is 12.4 Å². The van der Waals surface area contributed by atoms with Gasteiger partial charge in [0.15, 0.2) is 23.0 Å². The Kier molecular flexibility index (Phi) is 19.3. The summed E-state index contributed by atoms with van der Waals surface area (Å²) in [7, 11) is 3.17. The van der Waals surface area contributed by atoms with E-state index < -0.39 is 11.7 Å². The molecule has 4 aliphatic heterocycles. The van der Waals surface area contributed by atoms with Crippen molar-refractivity contribution in [3.8, 4) is 34.5 Å². The minimum atomic E-state index is -0.565. The van der Waals surface area contributed by atoms with Crippen LogP contribution in [0.3, 0.4) is 0 Å². The van der Waals surface area contributed by atoms with Gasteiger partial charge in [0.25, 0.3) is 11.8 Å². The molecule has 0 bridgehead atoms. The lowest BCUT2D eigenvalue weighted by Gasteiger charge is -2.51. The number of aliphatic hydroxyl groups is 2. The molecule has 2 spiro atoms. The van der Waals surface area contributed by atoms with E-state index in [0.29, 0.717) is 73.1 Å². The first kappa shape index (κ1) is 55.7. The molecule has 2 amide bonds. The Morgan fingerprint density at radius 1 is 0.586 bits per heavy atom. The molecule has 2 fully saturated rings. The van der Waals surface area contributed by atoms with Crippen molar-refractivity contribution in [1.29, 1.82) is 0 Å². The maximum atomic E-state index is 13.3. The highest BCUT2D eigenvalue weighted by Gasteiger charge is 2.51. The molecule has 0 aromatic heterocycles. The third-order valence-electron chi connectivity index (χ3n) is 13.4. The van der Waals surface area contributed by atoms with E-state index in [4.69, 9.17) is 38.3 Å². The first-order valence-corrected chi connectivity index (χ1v) is 24.7. The largest absolute Gasteiger partial charge is 0.493 e. The molecule has 4 heterocycles. The average molecular weight is 990 g/mol. The van der Waals surface area contributed by atoms with Crippen molar-refractivity contribution in [1.82, 2.24) is 9.80 Å². The second-order valence-corrected chi connectivity index (χ2v) is 19.8. The quantitative estimate of drug-likeness (QED) is 0.157. The average Bonchev–Trinajstić information content (AvgIpc) is 3.32. The SMILES string of the molecule is CC(C)O.COc1cc(C(=O)N2CCC3(CC2)Oc2ccccc2C(O)C3C)ccc1OC(C)C.COc1cc(C(=O)N2CCC3(CC2)Oc2ccccc2C(OC(C)C)C3C)ccc1OC(C)C.Cl. The predicted octanol–water partition coefficient (Wildman–Crippen LogP) is 10.7. The molecule has 4 aromatic rings. The Bertz CT molecular complexity index is 2340. The van der Waals surface area contributed by atoms with Gasteiger partial charge < -0.3 is 53.2 Å². The van der Waals surface area contributed by atoms with Crippen molar-refractivity contribution in [3.63, 3.8) is 0 Å². The van der Waals surface area contributed by atoms with Gasteiger partial charge >= 0.3 is 0 Å². The summed E-state index contributed by atoms with van der Waals surface area (Å²) in [5, 5.41) is 18.9. The zero-order valence-electron chi connectivity index (χ0n) is 43.2. The minimum Gasteiger partial charge on any atom is -0.493 e. The highest BCUT2D eigenvalue weighted by Crippen LogP contribution is 2.51. The van der Waals surface area contributed by atoms with Crippen molar-refractivity contribution < 1.29 is 53.0 Å². The molecule has 70 heavy (non-hydrogen) atoms. The summed E-state index contributed by atoms with van der Waals surface area (Å²) in [5.41, 5.74) is 2.33. The number of methoxy groups -OCH3 is 2. The highest BCUT2D eigenvalue weighted by molar-refractivity contribution is 5.95. The molecule has 4 aromatic carbocycles. The van der Waals surface area contributed by atoms with Crippen LogP contribution in [-0.2, 0) is 4.74 Å². The van der Waals surface area contributed by atoms with Gasteiger partial charge in [-0.2, -0.15) is 0 Å². The smallest absolute Gasteiger partial charge is 0.253 e. The second-order valence-electron chi connectivity index (χ2n) is 19.8. The normalized spacial score (nSPS) is 20.7. The molecule has 4 aliphatic rings. The number of hydrogen-bond acceptors (Lipinski definition) is 11. The van der Waals surface area contributed by atoms with Crippen molar-refractivity contribution in [3.05, 3.63) is 107 Å². The molecule has 13 nitrogen and oxygen atoms in total. The van der Waals surface area contributed by atoms with Crippen LogP contribution >= 0.6 is 12.4 Å². The summed E-state index contributed by atoms with van der Waals surface area (Å²) in [6.45, 7) is 22.1. The molecule has 384 valence electrons. The van der Waals surface area contributed by atoms with Crippen molar-refractivity contribution in [2.75, 3.05) is 40.4 Å². The molecule has 4 unspecified atom stereocenters. The number of hydrogen-bond donors (Lipinski definition) is 2. The number of benzene rings is 4. The Morgan fingerprint density at radius 3 is 1.37 bits per heavy atom. The van der Waals surface area contributed by atoms with E-state index in [2.05, 4.69) is 26.8 Å². The molecule has 2 saturated heterocycles. The van der Waals surface area contributed by atoms with Crippen molar-refractivity contribution in [2.45, 2.75) is 143 Å². The lowest BCUT2D eigenvalue weighted by atomic mass is 9.73. The summed E-state index contributed by atoms with van der Waals surface area (Å²) < 4.78 is 41.9. The monoisotopic (exact) mass is 989 g/mol. The van der Waals surface area contributed by atoms with Gasteiger partial charge in [0, 0.05) is 92.1 Å². The first-order valence-electron chi connectivity index (χ1n) is 24.7. The van der Waals surface area contributed by atoms with Crippen LogP contribution in [0.5, 0.6) is 34.5 Å². The number of carbonyl (C=O) groups excluding carboxylic acids is 2. The number of rotatable bonds is 10. The highest BCUT2D eigenvalue weighted by atomic mass is 35.5. The summed E-state index contributed by atoms with van der Waals surface area (Å²) in [6, 6.07) is 26.6. The van der Waals surface area contributed by atoms with Crippen LogP contribution in [-0.4, -0.2) is 108 Å². The Labute approximate surface area is 422 Å². The Morgan fingerprint density at radius 2 is 0.971 bits per heavy atom. The number of piperidine rings is 2. The third-order valence-corrected chi connectivity index (χ3v) is 13.4. The minimum absolute atomic E-state index is 0. The van der Waals surface area contributed by atoms with Crippen molar-refractivity contribution in [2.24, 2.45) is 11.8 Å². The van der Waals surface area contributed by atoms with E-state index in [-0.39, 0.29) is 72.2 Å². The van der Waals surface area contributed by atoms with E-state index in [1.807, 2.05) is 99.0 Å². The van der Waals surface area contributed by atoms with Crippen LogP contribution in [0.4, 0.5) is 0 Å². The number of amides is 2. The molecule has 0 radical (unpaired) electrons. The fraction of sp³-hybridized carbons (Fsp3) is 0.536. The summed E-state index contributed by atoms with van der Waals surface area (Å²) in [6.07, 6.45) is 2.29. The van der Waals surface area contributed by atoms with Crippen LogP contribution < -0.4 is 28.4 Å². The zero-order valence-corrected chi connectivity index (χ0v) is 44.0. The van der Waals surface area contributed by atoms with Gasteiger partial charge in [-0.1, -0.05) is 50.2 Å². The topological polar surface area (TPSA) is 146 Å². The third kappa shape index (κ3) is 12.8.